The average Bonchev–Trinajstić information content (AvgIpc) is 2.39. The first-order chi connectivity index (χ1) is 9.87. The topological polar surface area (TPSA) is 30.5 Å². The van der Waals surface area contributed by atoms with Crippen molar-refractivity contribution in [2.75, 3.05) is 19.8 Å². The molecule has 21 heavy (non-hydrogen) atoms. The van der Waals surface area contributed by atoms with Crippen LogP contribution in [0.2, 0.25) is 0 Å². The molecule has 0 aromatic heterocycles. The van der Waals surface area contributed by atoms with Gasteiger partial charge in [-0.25, -0.2) is 0 Å². The molecule has 1 N–H and O–H groups in total. The summed E-state index contributed by atoms with van der Waals surface area (Å²) < 4.78 is 11.3. The highest BCUT2D eigenvalue weighted by atomic mass is 16.5. The Kier molecular flexibility index (Phi) is 7.03. The maximum absolute atomic E-state index is 5.70. The lowest BCUT2D eigenvalue weighted by atomic mass is 9.96. The van der Waals surface area contributed by atoms with Crippen LogP contribution in [0, 0.1) is 0 Å². The van der Waals surface area contributed by atoms with E-state index >= 15 is 0 Å². The van der Waals surface area contributed by atoms with E-state index in [0.717, 1.165) is 24.5 Å². The van der Waals surface area contributed by atoms with Crippen LogP contribution in [-0.4, -0.2) is 25.3 Å². The van der Waals surface area contributed by atoms with Crippen LogP contribution in [0.1, 0.15) is 59.4 Å². The van der Waals surface area contributed by atoms with E-state index in [1.165, 1.54) is 5.56 Å². The van der Waals surface area contributed by atoms with Crippen LogP contribution in [0.5, 0.6) is 11.5 Å². The molecule has 3 heteroatoms. The van der Waals surface area contributed by atoms with Crippen molar-refractivity contribution in [3.63, 3.8) is 0 Å². The molecule has 1 rings (SSSR count). The highest BCUT2D eigenvalue weighted by Crippen LogP contribution is 2.32. The minimum absolute atomic E-state index is 0.176. The second kappa shape index (κ2) is 8.28. The van der Waals surface area contributed by atoms with Crippen molar-refractivity contribution in [3.8, 4) is 11.5 Å². The van der Waals surface area contributed by atoms with Gasteiger partial charge < -0.3 is 14.8 Å². The molecular formula is C18H31NO2. The molecule has 0 spiro atoms. The zero-order chi connectivity index (χ0) is 15.9. The SMILES string of the molecule is CCOc1ccc(C(C)CCNC(C)(C)C)cc1OCC. The fourth-order valence-corrected chi connectivity index (χ4v) is 2.20. The average molecular weight is 293 g/mol. The summed E-state index contributed by atoms with van der Waals surface area (Å²) in [5, 5.41) is 3.54. The van der Waals surface area contributed by atoms with Gasteiger partial charge in [0, 0.05) is 5.54 Å². The monoisotopic (exact) mass is 293 g/mol. The first-order valence-electron chi connectivity index (χ1n) is 8.02. The molecule has 3 nitrogen and oxygen atoms in total. The summed E-state index contributed by atoms with van der Waals surface area (Å²) >= 11 is 0. The van der Waals surface area contributed by atoms with E-state index in [0.29, 0.717) is 19.1 Å². The standard InChI is InChI=1S/C18H31NO2/c1-7-20-16-10-9-15(13-17(16)21-8-2)14(3)11-12-19-18(4,5)6/h9-10,13-14,19H,7-8,11-12H2,1-6H3. The summed E-state index contributed by atoms with van der Waals surface area (Å²) in [5.41, 5.74) is 1.48. The maximum atomic E-state index is 5.70. The summed E-state index contributed by atoms with van der Waals surface area (Å²) in [5.74, 6) is 2.19. The van der Waals surface area contributed by atoms with E-state index in [1.54, 1.807) is 0 Å². The van der Waals surface area contributed by atoms with Crippen molar-refractivity contribution in [3.05, 3.63) is 23.8 Å². The van der Waals surface area contributed by atoms with Crippen molar-refractivity contribution in [1.82, 2.24) is 5.32 Å². The molecule has 0 saturated heterocycles. The van der Waals surface area contributed by atoms with Gasteiger partial charge in [-0.2, -0.15) is 0 Å². The lowest BCUT2D eigenvalue weighted by Crippen LogP contribution is -2.36. The molecule has 0 fully saturated rings. The van der Waals surface area contributed by atoms with Crippen LogP contribution in [0.25, 0.3) is 0 Å². The molecule has 0 aliphatic heterocycles. The summed E-state index contributed by atoms with van der Waals surface area (Å²) in [6.45, 7) is 15.2. The zero-order valence-electron chi connectivity index (χ0n) is 14.5. The first-order valence-corrected chi connectivity index (χ1v) is 8.02. The van der Waals surface area contributed by atoms with Crippen LogP contribution in [0.15, 0.2) is 18.2 Å². The third kappa shape index (κ3) is 6.38. The number of benzene rings is 1. The van der Waals surface area contributed by atoms with Crippen LogP contribution in [0.3, 0.4) is 0 Å². The summed E-state index contributed by atoms with van der Waals surface area (Å²) in [6, 6.07) is 6.29. The summed E-state index contributed by atoms with van der Waals surface area (Å²) in [7, 11) is 0. The molecule has 0 saturated carbocycles. The van der Waals surface area contributed by atoms with Crippen LogP contribution in [0.4, 0.5) is 0 Å². The van der Waals surface area contributed by atoms with Gasteiger partial charge in [0.1, 0.15) is 0 Å². The summed E-state index contributed by atoms with van der Waals surface area (Å²) in [4.78, 5) is 0. The van der Waals surface area contributed by atoms with E-state index in [-0.39, 0.29) is 5.54 Å². The highest BCUT2D eigenvalue weighted by Gasteiger charge is 2.13. The molecule has 0 heterocycles. The minimum Gasteiger partial charge on any atom is -0.490 e. The normalized spacial score (nSPS) is 13.0. The molecule has 0 aliphatic rings. The van der Waals surface area contributed by atoms with Crippen LogP contribution in [-0.2, 0) is 0 Å². The Morgan fingerprint density at radius 3 is 2.24 bits per heavy atom. The van der Waals surface area contributed by atoms with E-state index in [1.807, 2.05) is 19.9 Å². The van der Waals surface area contributed by atoms with Gasteiger partial charge in [0.15, 0.2) is 11.5 Å². The molecule has 120 valence electrons. The number of hydrogen-bond donors (Lipinski definition) is 1. The van der Waals surface area contributed by atoms with Gasteiger partial charge in [-0.15, -0.1) is 0 Å². The first kappa shape index (κ1) is 17.8. The van der Waals surface area contributed by atoms with Gasteiger partial charge in [0.05, 0.1) is 13.2 Å². The Labute approximate surface area is 130 Å². The second-order valence-corrected chi connectivity index (χ2v) is 6.44. The molecule has 0 radical (unpaired) electrons. The van der Waals surface area contributed by atoms with Gasteiger partial charge in [0.2, 0.25) is 0 Å². The molecule has 0 bridgehead atoms. The van der Waals surface area contributed by atoms with Gasteiger partial charge in [0.25, 0.3) is 0 Å². The number of nitrogens with one attached hydrogen (secondary N) is 1. The van der Waals surface area contributed by atoms with E-state index < -0.39 is 0 Å². The van der Waals surface area contributed by atoms with E-state index in [2.05, 4.69) is 45.1 Å². The number of ether oxygens (including phenoxy) is 2. The fourth-order valence-electron chi connectivity index (χ4n) is 2.20. The molecule has 1 aromatic carbocycles. The molecule has 1 aromatic rings. The van der Waals surface area contributed by atoms with Crippen molar-refractivity contribution < 1.29 is 9.47 Å². The molecule has 1 atom stereocenters. The largest absolute Gasteiger partial charge is 0.490 e. The van der Waals surface area contributed by atoms with Gasteiger partial charge in [-0.3, -0.25) is 0 Å². The third-order valence-electron chi connectivity index (χ3n) is 3.37. The second-order valence-electron chi connectivity index (χ2n) is 6.44. The van der Waals surface area contributed by atoms with Gasteiger partial charge in [-0.1, -0.05) is 13.0 Å². The Bertz CT molecular complexity index is 424. The zero-order valence-corrected chi connectivity index (χ0v) is 14.5. The van der Waals surface area contributed by atoms with Gasteiger partial charge >= 0.3 is 0 Å². The van der Waals surface area contributed by atoms with Crippen molar-refractivity contribution in [1.29, 1.82) is 0 Å². The molecule has 0 aliphatic carbocycles. The Morgan fingerprint density at radius 1 is 1.05 bits per heavy atom. The van der Waals surface area contributed by atoms with Crippen molar-refractivity contribution in [2.24, 2.45) is 0 Å². The van der Waals surface area contributed by atoms with Crippen molar-refractivity contribution in [2.45, 2.75) is 59.4 Å². The lowest BCUT2D eigenvalue weighted by molar-refractivity contribution is 0.287. The predicted molar refractivity (Wildman–Crippen MR) is 89.6 cm³/mol. The number of hydrogen-bond acceptors (Lipinski definition) is 3. The Morgan fingerprint density at radius 2 is 1.67 bits per heavy atom. The maximum Gasteiger partial charge on any atom is 0.161 e. The highest BCUT2D eigenvalue weighted by molar-refractivity contribution is 5.44. The molecule has 0 amide bonds. The van der Waals surface area contributed by atoms with E-state index in [9.17, 15) is 0 Å². The van der Waals surface area contributed by atoms with Crippen LogP contribution < -0.4 is 14.8 Å². The predicted octanol–water partition coefficient (Wildman–Crippen LogP) is 4.37. The smallest absolute Gasteiger partial charge is 0.161 e. The molecule has 1 unspecified atom stereocenters. The Balaban J connectivity index is 2.71. The van der Waals surface area contributed by atoms with Gasteiger partial charge in [-0.05, 0) is 71.2 Å². The van der Waals surface area contributed by atoms with Crippen molar-refractivity contribution >= 4 is 0 Å². The Hall–Kier alpha value is -1.22. The minimum atomic E-state index is 0.176. The third-order valence-corrected chi connectivity index (χ3v) is 3.37. The fraction of sp³-hybridized carbons (Fsp3) is 0.667. The van der Waals surface area contributed by atoms with E-state index in [4.69, 9.17) is 9.47 Å². The molecular weight excluding hydrogens is 262 g/mol. The van der Waals surface area contributed by atoms with Crippen LogP contribution >= 0.6 is 0 Å². The quantitative estimate of drug-likeness (QED) is 0.772. The number of rotatable bonds is 8. The summed E-state index contributed by atoms with van der Waals surface area (Å²) in [6.07, 6.45) is 1.11. The lowest BCUT2D eigenvalue weighted by Gasteiger charge is -2.22.